The van der Waals surface area contributed by atoms with E-state index in [1.54, 1.807) is 12.2 Å². The van der Waals surface area contributed by atoms with Gasteiger partial charge in [0.15, 0.2) is 11.5 Å². The molecule has 2 N–H and O–H groups in total. The number of nitrogens with one attached hydrogen (secondary N) is 2. The number of amides is 2. The Morgan fingerprint density at radius 2 is 1.48 bits per heavy atom. The number of carbonyl (C=O) groups excluding carboxylic acids is 3. The number of aliphatic carboxylic acids is 1. The van der Waals surface area contributed by atoms with Crippen LogP contribution in [0.4, 0.5) is 0 Å². The maximum Gasteiger partial charge on any atom is 0.269 e. The Morgan fingerprint density at radius 1 is 0.926 bits per heavy atom. The minimum absolute atomic E-state index is 0.157. The van der Waals surface area contributed by atoms with Crippen LogP contribution in [-0.4, -0.2) is 39.1 Å². The highest BCUT2D eigenvalue weighted by molar-refractivity contribution is 5.97. The number of benzene rings is 1. The first-order valence-corrected chi connectivity index (χ1v) is 8.19. The summed E-state index contributed by atoms with van der Waals surface area (Å²) in [5.74, 6) is -3.39. The SMILES string of the molecule is COc1cc(C(=O)NNC(=O)[C@H]2CC=CC[C@@H]2C(=O)[O-])cc(OC)c1OC. The lowest BCUT2D eigenvalue weighted by molar-refractivity contribution is -0.313. The van der Waals surface area contributed by atoms with Crippen LogP contribution in [0.2, 0.25) is 0 Å². The van der Waals surface area contributed by atoms with Gasteiger partial charge < -0.3 is 24.1 Å². The smallest absolute Gasteiger partial charge is 0.269 e. The number of rotatable bonds is 6. The first-order valence-electron chi connectivity index (χ1n) is 8.19. The van der Waals surface area contributed by atoms with Gasteiger partial charge in [-0.25, -0.2) is 0 Å². The lowest BCUT2D eigenvalue weighted by atomic mass is 9.82. The molecule has 0 saturated heterocycles. The summed E-state index contributed by atoms with van der Waals surface area (Å²) >= 11 is 0. The van der Waals surface area contributed by atoms with Crippen molar-refractivity contribution in [3.8, 4) is 17.2 Å². The van der Waals surface area contributed by atoms with Crippen LogP contribution in [0.25, 0.3) is 0 Å². The molecule has 1 aliphatic carbocycles. The number of carbonyl (C=O) groups is 3. The highest BCUT2D eigenvalue weighted by Crippen LogP contribution is 2.38. The quantitative estimate of drug-likeness (QED) is 0.519. The minimum Gasteiger partial charge on any atom is -0.550 e. The van der Waals surface area contributed by atoms with Crippen LogP contribution in [0.15, 0.2) is 24.3 Å². The molecule has 1 aromatic carbocycles. The van der Waals surface area contributed by atoms with Crippen molar-refractivity contribution in [3.63, 3.8) is 0 Å². The molecule has 2 atom stereocenters. The summed E-state index contributed by atoms with van der Waals surface area (Å²) in [7, 11) is 4.27. The van der Waals surface area contributed by atoms with Gasteiger partial charge in [-0.15, -0.1) is 0 Å². The van der Waals surface area contributed by atoms with Crippen LogP contribution in [0, 0.1) is 11.8 Å². The van der Waals surface area contributed by atoms with Gasteiger partial charge in [0.25, 0.3) is 5.91 Å². The zero-order valence-corrected chi connectivity index (χ0v) is 15.2. The van der Waals surface area contributed by atoms with Crippen molar-refractivity contribution in [3.05, 3.63) is 29.8 Å². The van der Waals surface area contributed by atoms with E-state index in [2.05, 4.69) is 10.9 Å². The molecule has 0 saturated carbocycles. The largest absolute Gasteiger partial charge is 0.550 e. The third-order valence-electron chi connectivity index (χ3n) is 4.30. The van der Waals surface area contributed by atoms with Crippen molar-refractivity contribution < 1.29 is 33.7 Å². The zero-order chi connectivity index (χ0) is 20.0. The molecule has 0 unspecified atom stereocenters. The molecule has 27 heavy (non-hydrogen) atoms. The van der Waals surface area contributed by atoms with E-state index in [1.165, 1.54) is 33.5 Å². The average molecular weight is 377 g/mol. The molecule has 9 nitrogen and oxygen atoms in total. The summed E-state index contributed by atoms with van der Waals surface area (Å²) in [6.07, 6.45) is 3.88. The molecule has 1 aliphatic rings. The van der Waals surface area contributed by atoms with Gasteiger partial charge >= 0.3 is 0 Å². The van der Waals surface area contributed by atoms with Crippen LogP contribution >= 0.6 is 0 Å². The van der Waals surface area contributed by atoms with E-state index in [-0.39, 0.29) is 29.9 Å². The van der Waals surface area contributed by atoms with Crippen molar-refractivity contribution >= 4 is 17.8 Å². The Bertz CT molecular complexity index is 735. The van der Waals surface area contributed by atoms with E-state index in [0.29, 0.717) is 5.75 Å². The topological polar surface area (TPSA) is 126 Å². The summed E-state index contributed by atoms with van der Waals surface area (Å²) in [4.78, 5) is 35.8. The van der Waals surface area contributed by atoms with Crippen molar-refractivity contribution in [2.45, 2.75) is 12.8 Å². The van der Waals surface area contributed by atoms with E-state index in [4.69, 9.17) is 14.2 Å². The minimum atomic E-state index is -1.30. The molecule has 2 amide bonds. The number of hydrogen-bond donors (Lipinski definition) is 2. The van der Waals surface area contributed by atoms with Crippen LogP contribution in [0.5, 0.6) is 17.2 Å². The summed E-state index contributed by atoms with van der Waals surface area (Å²) in [6, 6.07) is 2.85. The third kappa shape index (κ3) is 4.49. The monoisotopic (exact) mass is 377 g/mol. The fourth-order valence-corrected chi connectivity index (χ4v) is 2.86. The fraction of sp³-hybridized carbons (Fsp3) is 0.389. The molecular formula is C18H21N2O7-. The maximum atomic E-state index is 12.4. The Labute approximate surface area is 156 Å². The number of methoxy groups -OCH3 is 3. The molecule has 2 rings (SSSR count). The molecule has 0 radical (unpaired) electrons. The van der Waals surface area contributed by atoms with Crippen LogP contribution in [-0.2, 0) is 9.59 Å². The van der Waals surface area contributed by atoms with Gasteiger partial charge in [-0.3, -0.25) is 20.4 Å². The summed E-state index contributed by atoms with van der Waals surface area (Å²) < 4.78 is 15.5. The predicted molar refractivity (Wildman–Crippen MR) is 92.1 cm³/mol. The summed E-state index contributed by atoms with van der Waals surface area (Å²) in [5.41, 5.74) is 4.69. The molecule has 9 heteroatoms. The number of hydrazine groups is 1. The van der Waals surface area contributed by atoms with E-state index in [1.807, 2.05) is 0 Å². The first kappa shape index (κ1) is 20.1. The Hall–Kier alpha value is -3.23. The van der Waals surface area contributed by atoms with Gasteiger partial charge in [-0.05, 0) is 25.0 Å². The van der Waals surface area contributed by atoms with Crippen molar-refractivity contribution in [1.29, 1.82) is 0 Å². The lowest BCUT2D eigenvalue weighted by Gasteiger charge is -2.28. The van der Waals surface area contributed by atoms with Crippen molar-refractivity contribution in [2.24, 2.45) is 11.8 Å². The number of ether oxygens (including phenoxy) is 3. The van der Waals surface area contributed by atoms with Gasteiger partial charge in [0.05, 0.1) is 27.2 Å². The highest BCUT2D eigenvalue weighted by atomic mass is 16.5. The van der Waals surface area contributed by atoms with Gasteiger partial charge in [0.1, 0.15) is 0 Å². The molecule has 146 valence electrons. The van der Waals surface area contributed by atoms with Crippen LogP contribution in [0.1, 0.15) is 23.2 Å². The van der Waals surface area contributed by atoms with Gasteiger partial charge in [-0.2, -0.15) is 0 Å². The Morgan fingerprint density at radius 3 is 1.96 bits per heavy atom. The molecule has 0 aliphatic heterocycles. The molecule has 0 fully saturated rings. The molecular weight excluding hydrogens is 356 g/mol. The summed E-state index contributed by atoms with van der Waals surface area (Å²) in [6.45, 7) is 0. The third-order valence-corrected chi connectivity index (χ3v) is 4.30. The number of carboxylic acid groups (broad SMARTS) is 1. The highest BCUT2D eigenvalue weighted by Gasteiger charge is 2.30. The zero-order valence-electron chi connectivity index (χ0n) is 15.2. The molecule has 0 heterocycles. The van der Waals surface area contributed by atoms with E-state index < -0.39 is 29.6 Å². The van der Waals surface area contributed by atoms with Crippen molar-refractivity contribution in [1.82, 2.24) is 10.9 Å². The Kier molecular flexibility index (Phi) is 6.64. The van der Waals surface area contributed by atoms with Crippen LogP contribution in [0.3, 0.4) is 0 Å². The van der Waals surface area contributed by atoms with Gasteiger partial charge in [-0.1, -0.05) is 12.2 Å². The van der Waals surface area contributed by atoms with E-state index >= 15 is 0 Å². The molecule has 0 spiro atoms. The van der Waals surface area contributed by atoms with Crippen LogP contribution < -0.4 is 30.2 Å². The second-order valence-electron chi connectivity index (χ2n) is 5.83. The van der Waals surface area contributed by atoms with Gasteiger partial charge in [0, 0.05) is 17.5 Å². The maximum absolute atomic E-state index is 12.4. The van der Waals surface area contributed by atoms with E-state index in [9.17, 15) is 19.5 Å². The predicted octanol–water partition coefficient (Wildman–Crippen LogP) is -0.194. The second-order valence-corrected chi connectivity index (χ2v) is 5.83. The molecule has 0 aromatic heterocycles. The van der Waals surface area contributed by atoms with Gasteiger partial charge in [0.2, 0.25) is 11.7 Å². The lowest BCUT2D eigenvalue weighted by Crippen LogP contribution is -2.49. The molecule has 0 bridgehead atoms. The fourth-order valence-electron chi connectivity index (χ4n) is 2.86. The number of carboxylic acids is 1. The molecule has 1 aromatic rings. The standard InChI is InChI=1S/C18H22N2O7/c1-25-13-8-10(9-14(26-2)15(13)27-3)16(21)19-20-17(22)11-6-4-5-7-12(11)18(23)24/h4-5,8-9,11-12H,6-7H2,1-3H3,(H,19,21)(H,20,22)(H,23,24)/p-1/t11-,12-/m0/s1. The van der Waals surface area contributed by atoms with Crippen molar-refractivity contribution in [2.75, 3.05) is 21.3 Å². The summed E-state index contributed by atoms with van der Waals surface area (Å²) in [5, 5.41) is 11.2. The average Bonchev–Trinajstić information content (AvgIpc) is 2.70. The van der Waals surface area contributed by atoms with E-state index in [0.717, 1.165) is 0 Å². The normalized spacial score (nSPS) is 18.3. The second kappa shape index (κ2) is 8.93. The Balaban J connectivity index is 2.10. The number of allylic oxidation sites excluding steroid dienone is 2. The number of hydrogen-bond acceptors (Lipinski definition) is 7. The first-order chi connectivity index (χ1) is 12.9.